The first-order chi connectivity index (χ1) is 13.3. The van der Waals surface area contributed by atoms with Crippen LogP contribution in [0.15, 0.2) is 24.3 Å². The lowest BCUT2D eigenvalue weighted by Gasteiger charge is -2.27. The lowest BCUT2D eigenvalue weighted by atomic mass is 10.2. The van der Waals surface area contributed by atoms with E-state index in [9.17, 15) is 4.39 Å². The van der Waals surface area contributed by atoms with Crippen molar-refractivity contribution in [3.05, 3.63) is 41.5 Å². The molecule has 0 saturated heterocycles. The summed E-state index contributed by atoms with van der Waals surface area (Å²) in [6.45, 7) is 13.1. The number of rotatable bonds is 8. The van der Waals surface area contributed by atoms with E-state index >= 15 is 0 Å². The zero-order valence-electron chi connectivity index (χ0n) is 17.2. The Bertz CT molecular complexity index is 910. The molecule has 150 valence electrons. The van der Waals surface area contributed by atoms with Crippen LogP contribution in [0, 0.1) is 12.7 Å². The third-order valence-corrected chi connectivity index (χ3v) is 4.91. The molecule has 0 fully saturated rings. The van der Waals surface area contributed by atoms with Crippen molar-refractivity contribution in [2.24, 2.45) is 0 Å². The number of hydrogen-bond acceptors (Lipinski definition) is 5. The number of aromatic nitrogens is 5. The van der Waals surface area contributed by atoms with Crippen LogP contribution in [0.5, 0.6) is 0 Å². The summed E-state index contributed by atoms with van der Waals surface area (Å²) in [5, 5.41) is 11.9. The fraction of sp³-hybridized carbons (Fsp3) is 0.500. The van der Waals surface area contributed by atoms with Gasteiger partial charge in [0.05, 0.1) is 31.7 Å². The second-order valence-corrected chi connectivity index (χ2v) is 7.73. The van der Waals surface area contributed by atoms with Gasteiger partial charge in [-0.15, -0.1) is 5.10 Å². The van der Waals surface area contributed by atoms with E-state index < -0.39 is 0 Å². The second-order valence-electron chi connectivity index (χ2n) is 7.73. The van der Waals surface area contributed by atoms with Crippen LogP contribution in [0.3, 0.4) is 0 Å². The molecule has 0 aliphatic rings. The van der Waals surface area contributed by atoms with Gasteiger partial charge in [-0.25, -0.2) is 19.0 Å². The minimum absolute atomic E-state index is 0.254. The van der Waals surface area contributed by atoms with Crippen molar-refractivity contribution < 1.29 is 9.29 Å². The molecular formula is C20H29FN7+. The Balaban J connectivity index is 1.78. The van der Waals surface area contributed by atoms with Crippen molar-refractivity contribution in [3.8, 4) is 0 Å². The fourth-order valence-corrected chi connectivity index (χ4v) is 3.53. The molecule has 2 aromatic heterocycles. The minimum Gasteiger partial charge on any atom is -0.362 e. The monoisotopic (exact) mass is 386 g/mol. The number of nitrogens with one attached hydrogen (secondary N) is 2. The van der Waals surface area contributed by atoms with E-state index in [4.69, 9.17) is 0 Å². The van der Waals surface area contributed by atoms with E-state index in [2.05, 4.69) is 53.3 Å². The van der Waals surface area contributed by atoms with Gasteiger partial charge in [0.1, 0.15) is 11.6 Å². The molecule has 0 spiro atoms. The van der Waals surface area contributed by atoms with E-state index in [1.165, 1.54) is 17.0 Å². The maximum atomic E-state index is 13.1. The van der Waals surface area contributed by atoms with Crippen LogP contribution in [0.1, 0.15) is 39.1 Å². The highest BCUT2D eigenvalue weighted by Gasteiger charge is 2.18. The van der Waals surface area contributed by atoms with Crippen LogP contribution >= 0.6 is 0 Å². The highest BCUT2D eigenvalue weighted by molar-refractivity contribution is 5.82. The summed E-state index contributed by atoms with van der Waals surface area (Å²) in [5.41, 5.74) is 2.27. The molecule has 28 heavy (non-hydrogen) atoms. The van der Waals surface area contributed by atoms with Gasteiger partial charge in [-0.2, -0.15) is 0 Å². The van der Waals surface area contributed by atoms with Gasteiger partial charge in [0.15, 0.2) is 17.0 Å². The van der Waals surface area contributed by atoms with E-state index in [0.717, 1.165) is 18.7 Å². The number of anilines is 1. The standard InChI is InChI=1S/C20H28FN7/c1-13(2)27(14(3)4)11-10-22-19-18-20(24-15(5)23-19)28(26-25-18)12-16-6-8-17(21)9-7-16/h6-9,13-14H,10-12H2,1-5H3,(H,22,23,24)/p+1. The van der Waals surface area contributed by atoms with Crippen molar-refractivity contribution in [1.29, 1.82) is 0 Å². The van der Waals surface area contributed by atoms with Crippen LogP contribution in [0.25, 0.3) is 11.2 Å². The number of fused-ring (bicyclic) bond motifs is 1. The number of hydrogen-bond donors (Lipinski definition) is 2. The minimum atomic E-state index is -0.254. The van der Waals surface area contributed by atoms with E-state index in [0.29, 0.717) is 41.4 Å². The average Bonchev–Trinajstić information content (AvgIpc) is 3.02. The van der Waals surface area contributed by atoms with E-state index in [1.54, 1.807) is 16.8 Å². The second kappa shape index (κ2) is 8.60. The van der Waals surface area contributed by atoms with Crippen LogP contribution in [0.2, 0.25) is 0 Å². The zero-order valence-corrected chi connectivity index (χ0v) is 17.2. The summed E-state index contributed by atoms with van der Waals surface area (Å²) in [6.07, 6.45) is 0. The summed E-state index contributed by atoms with van der Waals surface area (Å²) in [4.78, 5) is 10.6. The van der Waals surface area contributed by atoms with Crippen LogP contribution in [0.4, 0.5) is 10.2 Å². The summed E-state index contributed by atoms with van der Waals surface area (Å²) < 4.78 is 14.9. The topological polar surface area (TPSA) is 73.0 Å². The average molecular weight is 386 g/mol. The Kier molecular flexibility index (Phi) is 6.18. The first kappa shape index (κ1) is 20.1. The van der Waals surface area contributed by atoms with Crippen molar-refractivity contribution >= 4 is 17.0 Å². The van der Waals surface area contributed by atoms with Gasteiger partial charge in [-0.05, 0) is 52.3 Å². The maximum absolute atomic E-state index is 13.1. The molecule has 0 saturated carbocycles. The molecule has 2 heterocycles. The van der Waals surface area contributed by atoms with Gasteiger partial charge >= 0.3 is 0 Å². The predicted octanol–water partition coefficient (Wildman–Crippen LogP) is 1.83. The summed E-state index contributed by atoms with van der Waals surface area (Å²) in [5.74, 6) is 1.12. The first-order valence-corrected chi connectivity index (χ1v) is 9.77. The maximum Gasteiger partial charge on any atom is 0.184 e. The fourth-order valence-electron chi connectivity index (χ4n) is 3.53. The summed E-state index contributed by atoms with van der Waals surface area (Å²) in [7, 11) is 0. The Morgan fingerprint density at radius 3 is 2.39 bits per heavy atom. The molecule has 3 rings (SSSR count). The molecule has 1 aromatic carbocycles. The molecule has 0 bridgehead atoms. The highest BCUT2D eigenvalue weighted by atomic mass is 19.1. The van der Waals surface area contributed by atoms with Gasteiger partial charge < -0.3 is 10.2 Å². The molecular weight excluding hydrogens is 357 g/mol. The van der Waals surface area contributed by atoms with Gasteiger partial charge in [-0.1, -0.05) is 17.3 Å². The molecule has 7 nitrogen and oxygen atoms in total. The highest BCUT2D eigenvalue weighted by Crippen LogP contribution is 2.18. The summed E-state index contributed by atoms with van der Waals surface area (Å²) >= 11 is 0. The van der Waals surface area contributed by atoms with E-state index in [1.807, 2.05) is 6.92 Å². The molecule has 0 aliphatic heterocycles. The number of benzene rings is 1. The van der Waals surface area contributed by atoms with Crippen molar-refractivity contribution in [2.75, 3.05) is 18.4 Å². The molecule has 0 unspecified atom stereocenters. The zero-order chi connectivity index (χ0) is 20.3. The molecule has 8 heteroatoms. The van der Waals surface area contributed by atoms with Gasteiger partial charge in [-0.3, -0.25) is 0 Å². The van der Waals surface area contributed by atoms with Crippen LogP contribution in [-0.2, 0) is 6.54 Å². The van der Waals surface area contributed by atoms with Gasteiger partial charge in [0.2, 0.25) is 0 Å². The molecule has 0 atom stereocenters. The molecule has 0 amide bonds. The lowest BCUT2D eigenvalue weighted by molar-refractivity contribution is -0.940. The van der Waals surface area contributed by atoms with Crippen LogP contribution < -0.4 is 10.2 Å². The normalized spacial score (nSPS) is 11.9. The Morgan fingerprint density at radius 1 is 1.07 bits per heavy atom. The third kappa shape index (κ3) is 4.62. The lowest BCUT2D eigenvalue weighted by Crippen LogP contribution is -3.18. The number of nitrogens with zero attached hydrogens (tertiary/aromatic N) is 5. The molecule has 3 aromatic rings. The summed E-state index contributed by atoms with van der Waals surface area (Å²) in [6, 6.07) is 7.49. The predicted molar refractivity (Wildman–Crippen MR) is 108 cm³/mol. The van der Waals surface area contributed by atoms with Gasteiger partial charge in [0, 0.05) is 0 Å². The number of halogens is 1. The first-order valence-electron chi connectivity index (χ1n) is 9.77. The van der Waals surface area contributed by atoms with Gasteiger partial charge in [0.25, 0.3) is 0 Å². The smallest absolute Gasteiger partial charge is 0.184 e. The SMILES string of the molecule is Cc1nc(NCC[NH+](C(C)C)C(C)C)c2nnn(Cc3ccc(F)cc3)c2n1. The Labute approximate surface area is 165 Å². The molecule has 0 radical (unpaired) electrons. The Hall–Kier alpha value is -2.61. The van der Waals surface area contributed by atoms with Crippen molar-refractivity contribution in [3.63, 3.8) is 0 Å². The Morgan fingerprint density at radius 2 is 1.75 bits per heavy atom. The quantitative estimate of drug-likeness (QED) is 0.618. The van der Waals surface area contributed by atoms with Crippen molar-refractivity contribution in [1.82, 2.24) is 25.0 Å². The van der Waals surface area contributed by atoms with Crippen molar-refractivity contribution in [2.45, 2.75) is 53.2 Å². The largest absolute Gasteiger partial charge is 0.362 e. The molecule has 0 aliphatic carbocycles. The number of quaternary nitrogens is 1. The van der Waals surface area contributed by atoms with E-state index in [-0.39, 0.29) is 5.82 Å². The van der Waals surface area contributed by atoms with Crippen LogP contribution in [-0.4, -0.2) is 50.1 Å². The molecule has 2 N–H and O–H groups in total. The number of aryl methyl sites for hydroxylation is 1. The third-order valence-electron chi connectivity index (χ3n) is 4.91.